The lowest BCUT2D eigenvalue weighted by molar-refractivity contribution is 0.0190. The first-order valence-corrected chi connectivity index (χ1v) is 6.11. The zero-order valence-electron chi connectivity index (χ0n) is 9.52. The van der Waals surface area contributed by atoms with E-state index < -0.39 is 0 Å². The summed E-state index contributed by atoms with van der Waals surface area (Å²) < 4.78 is 10.8. The highest BCUT2D eigenvalue weighted by Gasteiger charge is 2.16. The van der Waals surface area contributed by atoms with E-state index in [1.165, 1.54) is 0 Å². The van der Waals surface area contributed by atoms with Crippen LogP contribution in [0.5, 0.6) is 0 Å². The number of hydrogen-bond acceptors (Lipinski definition) is 3. The van der Waals surface area contributed by atoms with Gasteiger partial charge in [-0.2, -0.15) is 0 Å². The maximum absolute atomic E-state index is 11.7. The second-order valence-electron chi connectivity index (χ2n) is 4.08. The number of halogens is 1. The molecule has 0 aliphatic carbocycles. The van der Waals surface area contributed by atoms with Crippen molar-refractivity contribution in [1.82, 2.24) is 0 Å². The molecule has 1 aromatic rings. The molecule has 1 aromatic carbocycles. The number of ether oxygens (including phenoxy) is 2. The first-order chi connectivity index (χ1) is 8.25. The molecule has 0 bridgehead atoms. The number of benzene rings is 1. The van der Waals surface area contributed by atoms with Gasteiger partial charge >= 0.3 is 0 Å². The van der Waals surface area contributed by atoms with Crippen LogP contribution in [0.4, 0.5) is 0 Å². The van der Waals surface area contributed by atoms with E-state index in [-0.39, 0.29) is 18.5 Å². The van der Waals surface area contributed by atoms with E-state index in [0.29, 0.717) is 17.2 Å². The third-order valence-electron chi connectivity index (χ3n) is 2.71. The summed E-state index contributed by atoms with van der Waals surface area (Å²) in [6, 6.07) is 6.89. The Morgan fingerprint density at radius 2 is 2.41 bits per heavy atom. The van der Waals surface area contributed by atoms with Crippen LogP contribution in [0, 0.1) is 0 Å². The molecule has 17 heavy (non-hydrogen) atoms. The molecule has 1 fully saturated rings. The Hall–Kier alpha value is -0.900. The van der Waals surface area contributed by atoms with Crippen LogP contribution >= 0.6 is 11.6 Å². The molecule has 0 amide bonds. The van der Waals surface area contributed by atoms with Crippen molar-refractivity contribution in [3.8, 4) is 0 Å². The van der Waals surface area contributed by atoms with Gasteiger partial charge in [-0.15, -0.1) is 0 Å². The van der Waals surface area contributed by atoms with Crippen molar-refractivity contribution in [2.24, 2.45) is 0 Å². The van der Waals surface area contributed by atoms with Gasteiger partial charge in [-0.25, -0.2) is 0 Å². The van der Waals surface area contributed by atoms with Gasteiger partial charge in [0.15, 0.2) is 5.78 Å². The van der Waals surface area contributed by atoms with Gasteiger partial charge in [0, 0.05) is 17.2 Å². The summed E-state index contributed by atoms with van der Waals surface area (Å²) in [5.74, 6) is -0.0505. The molecular weight excluding hydrogens is 240 g/mol. The smallest absolute Gasteiger partial charge is 0.188 e. The van der Waals surface area contributed by atoms with Crippen molar-refractivity contribution in [1.29, 1.82) is 0 Å². The monoisotopic (exact) mass is 254 g/mol. The lowest BCUT2D eigenvalue weighted by Gasteiger charge is -2.09. The van der Waals surface area contributed by atoms with E-state index in [9.17, 15) is 4.79 Å². The largest absolute Gasteiger partial charge is 0.376 e. The summed E-state index contributed by atoms with van der Waals surface area (Å²) in [7, 11) is 0. The number of carbonyl (C=O) groups is 1. The van der Waals surface area contributed by atoms with Gasteiger partial charge in [0.1, 0.15) is 6.61 Å². The topological polar surface area (TPSA) is 35.5 Å². The third kappa shape index (κ3) is 3.80. The van der Waals surface area contributed by atoms with E-state index >= 15 is 0 Å². The Labute approximate surface area is 106 Å². The fraction of sp³-hybridized carbons (Fsp3) is 0.462. The molecule has 0 saturated carbocycles. The molecule has 92 valence electrons. The molecule has 1 aliphatic rings. The van der Waals surface area contributed by atoms with Crippen LogP contribution in [0.3, 0.4) is 0 Å². The van der Waals surface area contributed by atoms with Gasteiger partial charge in [-0.05, 0) is 25.0 Å². The molecule has 1 unspecified atom stereocenters. The molecule has 0 N–H and O–H groups in total. The molecule has 0 aromatic heterocycles. The van der Waals surface area contributed by atoms with E-state index in [0.717, 1.165) is 19.4 Å². The van der Waals surface area contributed by atoms with Crippen molar-refractivity contribution in [3.63, 3.8) is 0 Å². The van der Waals surface area contributed by atoms with Crippen molar-refractivity contribution in [3.05, 3.63) is 34.9 Å². The van der Waals surface area contributed by atoms with Crippen LogP contribution < -0.4 is 0 Å². The number of ketones is 1. The van der Waals surface area contributed by atoms with Crippen LogP contribution in [0.2, 0.25) is 5.02 Å². The minimum atomic E-state index is -0.0505. The predicted octanol–water partition coefficient (Wildman–Crippen LogP) is 2.72. The maximum Gasteiger partial charge on any atom is 0.188 e. The normalized spacial score (nSPS) is 19.5. The average Bonchev–Trinajstić information content (AvgIpc) is 2.82. The molecule has 1 saturated heterocycles. The minimum Gasteiger partial charge on any atom is -0.376 e. The van der Waals surface area contributed by atoms with Gasteiger partial charge in [-0.3, -0.25) is 4.79 Å². The molecule has 0 spiro atoms. The summed E-state index contributed by atoms with van der Waals surface area (Å²) >= 11 is 5.81. The van der Waals surface area contributed by atoms with Gasteiger partial charge < -0.3 is 9.47 Å². The van der Waals surface area contributed by atoms with Crippen LogP contribution in [-0.4, -0.2) is 31.7 Å². The van der Waals surface area contributed by atoms with E-state index in [1.807, 2.05) is 0 Å². The summed E-state index contributed by atoms with van der Waals surface area (Å²) in [5.41, 5.74) is 0.588. The standard InChI is InChI=1S/C13H15ClO3/c14-11-4-1-3-10(7-11)13(15)9-16-8-12-5-2-6-17-12/h1,3-4,7,12H,2,5-6,8-9H2. The van der Waals surface area contributed by atoms with Crippen molar-refractivity contribution >= 4 is 17.4 Å². The van der Waals surface area contributed by atoms with Crippen molar-refractivity contribution in [2.75, 3.05) is 19.8 Å². The summed E-state index contributed by atoms with van der Waals surface area (Å²) in [6.45, 7) is 1.38. The maximum atomic E-state index is 11.7. The Bertz CT molecular complexity index is 386. The quantitative estimate of drug-likeness (QED) is 0.758. The van der Waals surface area contributed by atoms with Crippen molar-refractivity contribution < 1.29 is 14.3 Å². The fourth-order valence-corrected chi connectivity index (χ4v) is 1.99. The molecule has 1 heterocycles. The summed E-state index contributed by atoms with van der Waals surface area (Å²) in [6.07, 6.45) is 2.25. The third-order valence-corrected chi connectivity index (χ3v) is 2.94. The number of rotatable bonds is 5. The highest BCUT2D eigenvalue weighted by molar-refractivity contribution is 6.31. The van der Waals surface area contributed by atoms with E-state index in [1.54, 1.807) is 24.3 Å². The van der Waals surface area contributed by atoms with Gasteiger partial charge in [0.25, 0.3) is 0 Å². The van der Waals surface area contributed by atoms with E-state index in [2.05, 4.69) is 0 Å². The van der Waals surface area contributed by atoms with Gasteiger partial charge in [-0.1, -0.05) is 23.7 Å². The molecule has 4 heteroatoms. The molecule has 1 aliphatic heterocycles. The second kappa shape index (κ2) is 6.15. The van der Waals surface area contributed by atoms with Crippen LogP contribution in [0.1, 0.15) is 23.2 Å². The Kier molecular flexibility index (Phi) is 4.54. The lowest BCUT2D eigenvalue weighted by Crippen LogP contribution is -2.18. The number of carbonyl (C=O) groups excluding carboxylic acids is 1. The highest BCUT2D eigenvalue weighted by Crippen LogP contribution is 2.13. The highest BCUT2D eigenvalue weighted by atomic mass is 35.5. The SMILES string of the molecule is O=C(COCC1CCCO1)c1cccc(Cl)c1. The molecule has 1 atom stereocenters. The van der Waals surface area contributed by atoms with Gasteiger partial charge in [0.05, 0.1) is 12.7 Å². The summed E-state index contributed by atoms with van der Waals surface area (Å²) in [5, 5.41) is 0.565. The zero-order valence-corrected chi connectivity index (χ0v) is 10.3. The number of hydrogen-bond donors (Lipinski definition) is 0. The number of Topliss-reactive ketones (excluding diaryl/α,β-unsaturated/α-hetero) is 1. The Morgan fingerprint density at radius 1 is 1.53 bits per heavy atom. The lowest BCUT2D eigenvalue weighted by atomic mass is 10.1. The van der Waals surface area contributed by atoms with E-state index in [4.69, 9.17) is 21.1 Å². The summed E-state index contributed by atoms with van der Waals surface area (Å²) in [4.78, 5) is 11.7. The predicted molar refractivity (Wildman–Crippen MR) is 65.6 cm³/mol. The first-order valence-electron chi connectivity index (χ1n) is 5.74. The van der Waals surface area contributed by atoms with Gasteiger partial charge in [0.2, 0.25) is 0 Å². The molecule has 0 radical (unpaired) electrons. The first kappa shape index (κ1) is 12.6. The van der Waals surface area contributed by atoms with Crippen molar-refractivity contribution in [2.45, 2.75) is 18.9 Å². The molecule has 3 nitrogen and oxygen atoms in total. The van der Waals surface area contributed by atoms with Crippen LogP contribution in [-0.2, 0) is 9.47 Å². The molecular formula is C13H15ClO3. The Balaban J connectivity index is 1.77. The Morgan fingerprint density at radius 3 is 3.12 bits per heavy atom. The average molecular weight is 255 g/mol. The minimum absolute atomic E-state index is 0.0505. The molecule has 2 rings (SSSR count). The van der Waals surface area contributed by atoms with Crippen LogP contribution in [0.15, 0.2) is 24.3 Å². The van der Waals surface area contributed by atoms with Crippen LogP contribution in [0.25, 0.3) is 0 Å². The fourth-order valence-electron chi connectivity index (χ4n) is 1.80. The zero-order chi connectivity index (χ0) is 12.1. The second-order valence-corrected chi connectivity index (χ2v) is 4.52.